The third kappa shape index (κ3) is 3.13. The van der Waals surface area contributed by atoms with Crippen LogP contribution < -0.4 is 4.90 Å². The van der Waals surface area contributed by atoms with Crippen LogP contribution in [0.15, 0.2) is 36.7 Å². The molecule has 0 aliphatic carbocycles. The van der Waals surface area contributed by atoms with Crippen LogP contribution in [0.2, 0.25) is 0 Å². The van der Waals surface area contributed by atoms with Crippen molar-refractivity contribution in [2.24, 2.45) is 5.92 Å². The molecule has 4 heteroatoms. The zero-order valence-corrected chi connectivity index (χ0v) is 11.9. The van der Waals surface area contributed by atoms with Crippen LogP contribution in [0.1, 0.15) is 24.4 Å². The van der Waals surface area contributed by atoms with Crippen LogP contribution in [0.4, 0.5) is 5.82 Å². The van der Waals surface area contributed by atoms with Crippen LogP contribution in [-0.4, -0.2) is 28.0 Å². The van der Waals surface area contributed by atoms with Crippen molar-refractivity contribution in [3.63, 3.8) is 0 Å². The Morgan fingerprint density at radius 3 is 2.95 bits per heavy atom. The van der Waals surface area contributed by atoms with Crippen LogP contribution in [-0.2, 0) is 6.42 Å². The molecule has 0 amide bonds. The number of aromatic nitrogens is 3. The van der Waals surface area contributed by atoms with Crippen molar-refractivity contribution in [3.05, 3.63) is 48.2 Å². The van der Waals surface area contributed by atoms with Crippen LogP contribution in [0, 0.1) is 12.8 Å². The van der Waals surface area contributed by atoms with Gasteiger partial charge in [0, 0.05) is 31.2 Å². The Balaban J connectivity index is 1.67. The van der Waals surface area contributed by atoms with Crippen LogP contribution >= 0.6 is 0 Å². The molecule has 0 bridgehead atoms. The Kier molecular flexibility index (Phi) is 3.90. The molecule has 3 heterocycles. The zero-order chi connectivity index (χ0) is 13.8. The molecule has 1 atom stereocenters. The van der Waals surface area contributed by atoms with Gasteiger partial charge in [-0.3, -0.25) is 4.98 Å². The highest BCUT2D eigenvalue weighted by Gasteiger charge is 2.21. The molecule has 104 valence electrons. The fraction of sp³-hybridized carbons (Fsp3) is 0.438. The summed E-state index contributed by atoms with van der Waals surface area (Å²) in [6.45, 7) is 4.10. The van der Waals surface area contributed by atoms with Gasteiger partial charge < -0.3 is 4.90 Å². The molecule has 1 fully saturated rings. The smallest absolute Gasteiger partial charge is 0.132 e. The average molecular weight is 268 g/mol. The molecule has 1 saturated heterocycles. The second-order valence-corrected chi connectivity index (χ2v) is 5.44. The number of hydrogen-bond acceptors (Lipinski definition) is 4. The van der Waals surface area contributed by atoms with Crippen molar-refractivity contribution in [2.75, 3.05) is 18.0 Å². The maximum absolute atomic E-state index is 4.54. The van der Waals surface area contributed by atoms with Crippen molar-refractivity contribution in [2.45, 2.75) is 26.2 Å². The minimum atomic E-state index is 0.661. The Morgan fingerprint density at radius 2 is 2.15 bits per heavy atom. The highest BCUT2D eigenvalue weighted by molar-refractivity contribution is 5.38. The Bertz CT molecular complexity index is 555. The molecule has 20 heavy (non-hydrogen) atoms. The summed E-state index contributed by atoms with van der Waals surface area (Å²) in [5.74, 6) is 2.56. The molecular weight excluding hydrogens is 248 g/mol. The second-order valence-electron chi connectivity index (χ2n) is 5.44. The first-order valence-electron chi connectivity index (χ1n) is 7.26. The third-order valence-electron chi connectivity index (χ3n) is 3.83. The predicted octanol–water partition coefficient (Wildman–Crippen LogP) is 2.64. The van der Waals surface area contributed by atoms with Gasteiger partial charge >= 0.3 is 0 Å². The fourth-order valence-corrected chi connectivity index (χ4v) is 2.87. The van der Waals surface area contributed by atoms with Gasteiger partial charge in [-0.25, -0.2) is 9.97 Å². The van der Waals surface area contributed by atoms with Gasteiger partial charge in [0.1, 0.15) is 11.6 Å². The number of aryl methyl sites for hydroxylation is 1. The van der Waals surface area contributed by atoms with E-state index in [1.54, 1.807) is 0 Å². The molecule has 0 saturated carbocycles. The van der Waals surface area contributed by atoms with Gasteiger partial charge in [-0.15, -0.1) is 0 Å². The number of hydrogen-bond donors (Lipinski definition) is 0. The lowest BCUT2D eigenvalue weighted by Crippen LogP contribution is -2.37. The Labute approximate surface area is 119 Å². The van der Waals surface area contributed by atoms with E-state index in [1.165, 1.54) is 18.5 Å². The minimum absolute atomic E-state index is 0.661. The normalized spacial score (nSPS) is 19.1. The molecule has 3 rings (SSSR count). The van der Waals surface area contributed by atoms with Crippen molar-refractivity contribution >= 4 is 5.82 Å². The van der Waals surface area contributed by atoms with Crippen molar-refractivity contribution < 1.29 is 0 Å². The van der Waals surface area contributed by atoms with E-state index >= 15 is 0 Å². The molecular formula is C16H20N4. The fourth-order valence-electron chi connectivity index (χ4n) is 2.87. The van der Waals surface area contributed by atoms with Gasteiger partial charge in [0.15, 0.2) is 0 Å². The summed E-state index contributed by atoms with van der Waals surface area (Å²) in [6.07, 6.45) is 7.28. The van der Waals surface area contributed by atoms with E-state index in [9.17, 15) is 0 Å². The molecule has 0 radical (unpaired) electrons. The molecule has 0 aromatic carbocycles. The van der Waals surface area contributed by atoms with E-state index in [4.69, 9.17) is 0 Å². The van der Waals surface area contributed by atoms with Gasteiger partial charge in [-0.1, -0.05) is 6.07 Å². The Hall–Kier alpha value is -1.97. The van der Waals surface area contributed by atoms with E-state index in [0.29, 0.717) is 5.92 Å². The highest BCUT2D eigenvalue weighted by atomic mass is 15.2. The topological polar surface area (TPSA) is 41.9 Å². The first-order valence-corrected chi connectivity index (χ1v) is 7.26. The van der Waals surface area contributed by atoms with Gasteiger partial charge in [0.2, 0.25) is 0 Å². The average Bonchev–Trinajstić information content (AvgIpc) is 2.49. The van der Waals surface area contributed by atoms with E-state index in [0.717, 1.165) is 31.2 Å². The number of pyridine rings is 1. The lowest BCUT2D eigenvalue weighted by molar-refractivity contribution is 0.408. The lowest BCUT2D eigenvalue weighted by atomic mass is 9.93. The largest absolute Gasteiger partial charge is 0.356 e. The van der Waals surface area contributed by atoms with E-state index in [-0.39, 0.29) is 0 Å². The third-order valence-corrected chi connectivity index (χ3v) is 3.83. The second kappa shape index (κ2) is 5.99. The van der Waals surface area contributed by atoms with Crippen molar-refractivity contribution in [1.29, 1.82) is 0 Å². The predicted molar refractivity (Wildman–Crippen MR) is 79.6 cm³/mol. The van der Waals surface area contributed by atoms with Gasteiger partial charge in [-0.2, -0.15) is 0 Å². The summed E-state index contributed by atoms with van der Waals surface area (Å²) in [5.41, 5.74) is 1.19. The lowest BCUT2D eigenvalue weighted by Gasteiger charge is -2.33. The van der Waals surface area contributed by atoms with E-state index in [1.807, 2.05) is 31.5 Å². The first-order chi connectivity index (χ1) is 9.81. The van der Waals surface area contributed by atoms with Crippen LogP contribution in [0.3, 0.4) is 0 Å². The summed E-state index contributed by atoms with van der Waals surface area (Å²) in [6, 6.07) is 8.17. The summed E-state index contributed by atoms with van der Waals surface area (Å²) >= 11 is 0. The van der Waals surface area contributed by atoms with E-state index < -0.39 is 0 Å². The molecule has 4 nitrogen and oxygen atoms in total. The molecule has 1 aliphatic rings. The summed E-state index contributed by atoms with van der Waals surface area (Å²) in [4.78, 5) is 15.5. The SMILES string of the molecule is Cc1nccc(N2CCCC(Cc3ccccn3)C2)n1. The standard InChI is InChI=1S/C16H20N4/c1-13-17-9-7-16(19-13)20-10-4-5-14(12-20)11-15-6-2-3-8-18-15/h2-3,6-9,14H,4-5,10-12H2,1H3. The van der Waals surface area contributed by atoms with Gasteiger partial charge in [0.05, 0.1) is 0 Å². The summed E-state index contributed by atoms with van der Waals surface area (Å²) in [7, 11) is 0. The van der Waals surface area contributed by atoms with Crippen LogP contribution in [0.25, 0.3) is 0 Å². The Morgan fingerprint density at radius 1 is 1.20 bits per heavy atom. The van der Waals surface area contributed by atoms with Crippen molar-refractivity contribution in [1.82, 2.24) is 15.0 Å². The van der Waals surface area contributed by atoms with E-state index in [2.05, 4.69) is 32.0 Å². The first kappa shape index (κ1) is 13.0. The molecule has 1 aliphatic heterocycles. The minimum Gasteiger partial charge on any atom is -0.356 e. The highest BCUT2D eigenvalue weighted by Crippen LogP contribution is 2.23. The van der Waals surface area contributed by atoms with Gasteiger partial charge in [0.25, 0.3) is 0 Å². The quantitative estimate of drug-likeness (QED) is 0.858. The van der Waals surface area contributed by atoms with Gasteiger partial charge in [-0.05, 0) is 50.3 Å². The number of piperidine rings is 1. The molecule has 1 unspecified atom stereocenters. The maximum atomic E-state index is 4.54. The monoisotopic (exact) mass is 268 g/mol. The van der Waals surface area contributed by atoms with Crippen LogP contribution in [0.5, 0.6) is 0 Å². The summed E-state index contributed by atoms with van der Waals surface area (Å²) in [5, 5.41) is 0. The van der Waals surface area contributed by atoms with Crippen molar-refractivity contribution in [3.8, 4) is 0 Å². The number of nitrogens with zero attached hydrogens (tertiary/aromatic N) is 4. The molecule has 2 aromatic rings. The number of anilines is 1. The molecule has 0 N–H and O–H groups in total. The number of rotatable bonds is 3. The molecule has 2 aromatic heterocycles. The maximum Gasteiger partial charge on any atom is 0.132 e. The summed E-state index contributed by atoms with van der Waals surface area (Å²) < 4.78 is 0. The molecule has 0 spiro atoms. The zero-order valence-electron chi connectivity index (χ0n) is 11.9.